The first-order valence-corrected chi connectivity index (χ1v) is 8.92. The Morgan fingerprint density at radius 2 is 1.84 bits per heavy atom. The van der Waals surface area contributed by atoms with E-state index in [0.717, 1.165) is 31.7 Å². The molecule has 0 atom stereocenters. The second-order valence-corrected chi connectivity index (χ2v) is 6.16. The van der Waals surface area contributed by atoms with Crippen LogP contribution in [0.15, 0.2) is 60.9 Å². The molecule has 3 aromatic rings. The number of nitrogens with zero attached hydrogens (tertiary/aromatic N) is 2. The van der Waals surface area contributed by atoms with E-state index in [0.29, 0.717) is 0 Å². The van der Waals surface area contributed by atoms with Crippen molar-refractivity contribution in [3.05, 3.63) is 72.1 Å². The van der Waals surface area contributed by atoms with E-state index in [9.17, 15) is 0 Å². The Morgan fingerprint density at radius 1 is 1.00 bits per heavy atom. The highest BCUT2D eigenvalue weighted by molar-refractivity contribution is 5.62. The molecule has 0 radical (unpaired) electrons. The van der Waals surface area contributed by atoms with Gasteiger partial charge in [-0.2, -0.15) is 5.10 Å². The number of nitrogens with one attached hydrogen (secondary N) is 2. The molecule has 0 saturated carbocycles. The van der Waals surface area contributed by atoms with E-state index in [1.54, 1.807) is 0 Å². The monoisotopic (exact) mass is 334 g/mol. The van der Waals surface area contributed by atoms with Crippen LogP contribution in [0.2, 0.25) is 0 Å². The number of rotatable bonds is 8. The number of anilines is 1. The minimum Gasteiger partial charge on any atom is -0.381 e. The van der Waals surface area contributed by atoms with E-state index in [2.05, 4.69) is 82.8 Å². The molecule has 0 fully saturated rings. The summed E-state index contributed by atoms with van der Waals surface area (Å²) in [4.78, 5) is 2.43. The fraction of sp³-hybridized carbons (Fsp3) is 0.286. The minimum atomic E-state index is 0.807. The summed E-state index contributed by atoms with van der Waals surface area (Å²) in [5, 5.41) is 10.5. The van der Waals surface area contributed by atoms with E-state index in [1.165, 1.54) is 22.4 Å². The molecule has 2 N–H and O–H groups in total. The Balaban J connectivity index is 1.71. The van der Waals surface area contributed by atoms with Gasteiger partial charge in [-0.15, -0.1) is 0 Å². The number of aromatic nitrogens is 2. The van der Waals surface area contributed by atoms with Gasteiger partial charge in [-0.3, -0.25) is 10.00 Å². The van der Waals surface area contributed by atoms with Crippen LogP contribution >= 0.6 is 0 Å². The highest BCUT2D eigenvalue weighted by Crippen LogP contribution is 2.21. The van der Waals surface area contributed by atoms with E-state index in [-0.39, 0.29) is 0 Å². The Labute approximate surface area is 149 Å². The zero-order chi connectivity index (χ0) is 17.5. The van der Waals surface area contributed by atoms with Gasteiger partial charge in [0, 0.05) is 30.5 Å². The van der Waals surface area contributed by atoms with Crippen molar-refractivity contribution < 1.29 is 0 Å². The van der Waals surface area contributed by atoms with Crippen LogP contribution in [0.1, 0.15) is 25.0 Å². The standard InChI is InChI=1S/C21H26N4/c1-3-25(4-2)16-19-9-5-6-11-21(19)22-13-17-8-7-10-18(12-17)20-14-23-24-15-20/h5-12,14-15,22H,3-4,13,16H2,1-2H3,(H,23,24). The fourth-order valence-corrected chi connectivity index (χ4v) is 2.99. The molecule has 1 aromatic heterocycles. The summed E-state index contributed by atoms with van der Waals surface area (Å²) in [5.41, 5.74) is 6.12. The second-order valence-electron chi connectivity index (χ2n) is 6.16. The molecule has 25 heavy (non-hydrogen) atoms. The molecule has 4 nitrogen and oxygen atoms in total. The van der Waals surface area contributed by atoms with Crippen molar-refractivity contribution in [1.29, 1.82) is 0 Å². The molecule has 3 rings (SSSR count). The van der Waals surface area contributed by atoms with Crippen molar-refractivity contribution in [3.8, 4) is 11.1 Å². The summed E-state index contributed by atoms with van der Waals surface area (Å²) in [7, 11) is 0. The molecule has 0 aliphatic heterocycles. The molecule has 0 bridgehead atoms. The van der Waals surface area contributed by atoms with Crippen LogP contribution in [0, 0.1) is 0 Å². The van der Waals surface area contributed by atoms with Gasteiger partial charge in [-0.25, -0.2) is 0 Å². The molecule has 2 aromatic carbocycles. The van der Waals surface area contributed by atoms with Gasteiger partial charge in [0.15, 0.2) is 0 Å². The lowest BCUT2D eigenvalue weighted by Crippen LogP contribution is -2.22. The zero-order valence-corrected chi connectivity index (χ0v) is 15.0. The van der Waals surface area contributed by atoms with Crippen LogP contribution < -0.4 is 5.32 Å². The first-order chi connectivity index (χ1) is 12.3. The quantitative estimate of drug-likeness (QED) is 0.636. The summed E-state index contributed by atoms with van der Waals surface area (Å²) in [6.07, 6.45) is 3.78. The Kier molecular flexibility index (Phi) is 5.86. The molecule has 1 heterocycles. The van der Waals surface area contributed by atoms with Gasteiger partial charge in [-0.1, -0.05) is 50.2 Å². The third kappa shape index (κ3) is 4.48. The van der Waals surface area contributed by atoms with Crippen LogP contribution in [0.3, 0.4) is 0 Å². The SMILES string of the molecule is CCN(CC)Cc1ccccc1NCc1cccc(-c2cn[nH]c2)c1. The summed E-state index contributed by atoms with van der Waals surface area (Å²) in [6.45, 7) is 8.34. The van der Waals surface area contributed by atoms with Crippen LogP contribution in [0.4, 0.5) is 5.69 Å². The maximum Gasteiger partial charge on any atom is 0.0565 e. The van der Waals surface area contributed by atoms with Crippen molar-refractivity contribution in [2.24, 2.45) is 0 Å². The van der Waals surface area contributed by atoms with Gasteiger partial charge in [-0.05, 0) is 41.9 Å². The molecule has 0 aliphatic rings. The third-order valence-electron chi connectivity index (χ3n) is 4.55. The van der Waals surface area contributed by atoms with Crippen LogP contribution in [0.25, 0.3) is 11.1 Å². The first kappa shape index (κ1) is 17.2. The topological polar surface area (TPSA) is 44.0 Å². The number of para-hydroxylation sites is 1. The number of benzene rings is 2. The average Bonchev–Trinajstić information content (AvgIpc) is 3.20. The highest BCUT2D eigenvalue weighted by atomic mass is 15.1. The maximum atomic E-state index is 4.03. The molecule has 0 amide bonds. The lowest BCUT2D eigenvalue weighted by molar-refractivity contribution is 0.296. The van der Waals surface area contributed by atoms with Crippen molar-refractivity contribution >= 4 is 5.69 Å². The van der Waals surface area contributed by atoms with Gasteiger partial charge in [0.2, 0.25) is 0 Å². The van der Waals surface area contributed by atoms with E-state index in [4.69, 9.17) is 0 Å². The largest absolute Gasteiger partial charge is 0.381 e. The first-order valence-electron chi connectivity index (χ1n) is 8.92. The van der Waals surface area contributed by atoms with Gasteiger partial charge in [0.1, 0.15) is 0 Å². The molecule has 0 aliphatic carbocycles. The minimum absolute atomic E-state index is 0.807. The van der Waals surface area contributed by atoms with E-state index >= 15 is 0 Å². The summed E-state index contributed by atoms with van der Waals surface area (Å²) < 4.78 is 0. The second kappa shape index (κ2) is 8.49. The van der Waals surface area contributed by atoms with Crippen LogP contribution in [0.5, 0.6) is 0 Å². The molecule has 130 valence electrons. The lowest BCUT2D eigenvalue weighted by atomic mass is 10.1. The van der Waals surface area contributed by atoms with Crippen molar-refractivity contribution in [2.75, 3.05) is 18.4 Å². The summed E-state index contributed by atoms with van der Waals surface area (Å²) >= 11 is 0. The summed E-state index contributed by atoms with van der Waals surface area (Å²) in [6, 6.07) is 17.2. The third-order valence-corrected chi connectivity index (χ3v) is 4.55. The Bertz CT molecular complexity index is 776. The maximum absolute atomic E-state index is 4.03. The molecular formula is C21H26N4. The number of aromatic amines is 1. The van der Waals surface area contributed by atoms with Gasteiger partial charge in [0.05, 0.1) is 6.20 Å². The Hall–Kier alpha value is -2.59. The number of H-pyrrole nitrogens is 1. The van der Waals surface area contributed by atoms with Crippen LogP contribution in [-0.4, -0.2) is 28.2 Å². The summed E-state index contributed by atoms with van der Waals surface area (Å²) in [5.74, 6) is 0. The molecule has 0 unspecified atom stereocenters. The fourth-order valence-electron chi connectivity index (χ4n) is 2.99. The van der Waals surface area contributed by atoms with Crippen molar-refractivity contribution in [1.82, 2.24) is 15.1 Å². The van der Waals surface area contributed by atoms with Gasteiger partial charge in [0.25, 0.3) is 0 Å². The Morgan fingerprint density at radius 3 is 2.60 bits per heavy atom. The lowest BCUT2D eigenvalue weighted by Gasteiger charge is -2.20. The van der Waals surface area contributed by atoms with E-state index in [1.807, 2.05) is 12.4 Å². The normalized spacial score (nSPS) is 11.0. The zero-order valence-electron chi connectivity index (χ0n) is 15.0. The van der Waals surface area contributed by atoms with Crippen LogP contribution in [-0.2, 0) is 13.1 Å². The average molecular weight is 334 g/mol. The highest BCUT2D eigenvalue weighted by Gasteiger charge is 2.06. The van der Waals surface area contributed by atoms with E-state index < -0.39 is 0 Å². The number of hydrogen-bond acceptors (Lipinski definition) is 3. The smallest absolute Gasteiger partial charge is 0.0565 e. The molecule has 4 heteroatoms. The predicted octanol–water partition coefficient (Wildman–Crippen LogP) is 4.53. The molecule has 0 spiro atoms. The molecular weight excluding hydrogens is 308 g/mol. The van der Waals surface area contributed by atoms with Gasteiger partial charge < -0.3 is 5.32 Å². The van der Waals surface area contributed by atoms with Crippen molar-refractivity contribution in [2.45, 2.75) is 26.9 Å². The van der Waals surface area contributed by atoms with Gasteiger partial charge >= 0.3 is 0 Å². The number of hydrogen-bond donors (Lipinski definition) is 2. The van der Waals surface area contributed by atoms with Crippen molar-refractivity contribution in [3.63, 3.8) is 0 Å². The molecule has 0 saturated heterocycles. The predicted molar refractivity (Wildman–Crippen MR) is 104 cm³/mol.